The standard InChI is InChI=1S/C19H40N2O5Si2/c1-25-28(4,5)15-8-18(23)6-9-20-11-13-21(14-12-20)10-7-19(24)26-17-27(2,3)16-22/h22H,6-17H2,1-5H3. The van der Waals surface area contributed by atoms with Crippen LogP contribution in [0.4, 0.5) is 0 Å². The topological polar surface area (TPSA) is 79.3 Å². The van der Waals surface area contributed by atoms with Crippen LogP contribution in [0, 0.1) is 0 Å². The molecule has 1 N–H and O–H groups in total. The highest BCUT2D eigenvalue weighted by molar-refractivity contribution is 6.77. The van der Waals surface area contributed by atoms with E-state index >= 15 is 0 Å². The summed E-state index contributed by atoms with van der Waals surface area (Å²) >= 11 is 0. The number of hydrogen-bond donors (Lipinski definition) is 1. The molecule has 0 atom stereocenters. The van der Waals surface area contributed by atoms with Crippen molar-refractivity contribution >= 4 is 28.1 Å². The Kier molecular flexibility index (Phi) is 11.1. The second kappa shape index (κ2) is 12.2. The largest absolute Gasteiger partial charge is 0.469 e. The maximum absolute atomic E-state index is 12.1. The van der Waals surface area contributed by atoms with Crippen LogP contribution in [0.1, 0.15) is 19.3 Å². The van der Waals surface area contributed by atoms with Gasteiger partial charge in [0, 0.05) is 65.5 Å². The van der Waals surface area contributed by atoms with E-state index in [9.17, 15) is 14.7 Å². The van der Waals surface area contributed by atoms with Crippen molar-refractivity contribution in [3.8, 4) is 0 Å². The lowest BCUT2D eigenvalue weighted by atomic mass is 10.2. The molecule has 28 heavy (non-hydrogen) atoms. The van der Waals surface area contributed by atoms with Crippen molar-refractivity contribution in [3.63, 3.8) is 0 Å². The molecule has 1 fully saturated rings. The third kappa shape index (κ3) is 10.8. The van der Waals surface area contributed by atoms with Gasteiger partial charge in [0.2, 0.25) is 0 Å². The van der Waals surface area contributed by atoms with Gasteiger partial charge < -0.3 is 24.1 Å². The predicted octanol–water partition coefficient (Wildman–Crippen LogP) is 1.52. The SMILES string of the molecule is CO[Si](C)(C)CCC(=O)CCN1CCN(CCC(=O)OC[Si](C)(C)CO)CC1. The Morgan fingerprint density at radius 1 is 0.929 bits per heavy atom. The Morgan fingerprint density at radius 2 is 1.46 bits per heavy atom. The maximum atomic E-state index is 12.1. The maximum Gasteiger partial charge on any atom is 0.306 e. The molecule has 0 radical (unpaired) electrons. The molecule has 0 aromatic heterocycles. The summed E-state index contributed by atoms with van der Waals surface area (Å²) in [7, 11) is -1.70. The van der Waals surface area contributed by atoms with Gasteiger partial charge in [-0.2, -0.15) is 0 Å². The molecule has 0 spiro atoms. The molecule has 164 valence electrons. The fourth-order valence-corrected chi connectivity index (χ4v) is 4.56. The van der Waals surface area contributed by atoms with Crippen molar-refractivity contribution in [1.29, 1.82) is 0 Å². The van der Waals surface area contributed by atoms with E-state index in [-0.39, 0.29) is 12.2 Å². The van der Waals surface area contributed by atoms with Crippen LogP contribution in [0.5, 0.6) is 0 Å². The van der Waals surface area contributed by atoms with Crippen LogP contribution in [-0.2, 0) is 18.8 Å². The zero-order chi connectivity index (χ0) is 21.2. The summed E-state index contributed by atoms with van der Waals surface area (Å²) in [5.41, 5.74) is 0. The summed E-state index contributed by atoms with van der Waals surface area (Å²) in [5, 5.41) is 9.25. The lowest BCUT2D eigenvalue weighted by Crippen LogP contribution is -2.47. The van der Waals surface area contributed by atoms with Gasteiger partial charge in [-0.05, 0) is 19.1 Å². The molecule has 1 aliphatic heterocycles. The van der Waals surface area contributed by atoms with Crippen LogP contribution >= 0.6 is 0 Å². The van der Waals surface area contributed by atoms with Crippen LogP contribution in [0.25, 0.3) is 0 Å². The van der Waals surface area contributed by atoms with Crippen LogP contribution < -0.4 is 0 Å². The van der Waals surface area contributed by atoms with Gasteiger partial charge in [-0.3, -0.25) is 9.59 Å². The first kappa shape index (κ1) is 25.5. The van der Waals surface area contributed by atoms with Gasteiger partial charge in [-0.1, -0.05) is 13.1 Å². The van der Waals surface area contributed by atoms with E-state index in [2.05, 4.69) is 22.9 Å². The first-order chi connectivity index (χ1) is 13.1. The number of hydrogen-bond acceptors (Lipinski definition) is 7. The van der Waals surface area contributed by atoms with E-state index in [4.69, 9.17) is 9.16 Å². The smallest absolute Gasteiger partial charge is 0.306 e. The van der Waals surface area contributed by atoms with E-state index in [0.717, 1.165) is 38.8 Å². The Bertz CT molecular complexity index is 451. The molecule has 1 saturated heterocycles. The van der Waals surface area contributed by atoms with Gasteiger partial charge >= 0.3 is 5.97 Å². The minimum Gasteiger partial charge on any atom is -0.469 e. The minimum absolute atomic E-state index is 0.136. The van der Waals surface area contributed by atoms with E-state index < -0.39 is 16.4 Å². The minimum atomic E-state index is -1.80. The number of ether oxygens (including phenoxy) is 1. The molecule has 1 aliphatic rings. The average molecular weight is 433 g/mol. The number of aliphatic hydroxyl groups is 1. The van der Waals surface area contributed by atoms with Crippen molar-refractivity contribution in [1.82, 2.24) is 9.80 Å². The molecule has 9 heteroatoms. The van der Waals surface area contributed by atoms with E-state index in [1.165, 1.54) is 0 Å². The highest BCUT2D eigenvalue weighted by Gasteiger charge is 2.24. The number of carbonyl (C=O) groups is 2. The van der Waals surface area contributed by atoms with Crippen molar-refractivity contribution in [3.05, 3.63) is 0 Å². The van der Waals surface area contributed by atoms with Crippen LogP contribution in [0.2, 0.25) is 32.2 Å². The van der Waals surface area contributed by atoms with Gasteiger partial charge in [-0.15, -0.1) is 0 Å². The van der Waals surface area contributed by atoms with Crippen LogP contribution in [0.3, 0.4) is 0 Å². The highest BCUT2D eigenvalue weighted by atomic mass is 28.4. The van der Waals surface area contributed by atoms with Crippen molar-refractivity contribution in [2.75, 3.05) is 58.8 Å². The Labute approximate surface area is 172 Å². The molecule has 0 unspecified atom stereocenters. The number of carbonyl (C=O) groups excluding carboxylic acids is 2. The quantitative estimate of drug-likeness (QED) is 0.349. The Hall–Kier alpha value is -0.586. The van der Waals surface area contributed by atoms with Crippen LogP contribution in [-0.4, -0.2) is 102 Å². The molecule has 0 aliphatic carbocycles. The number of Topliss-reactive ketones (excluding diaryl/α,β-unsaturated/α-hetero) is 1. The summed E-state index contributed by atoms with van der Waals surface area (Å²) in [5.74, 6) is 0.154. The second-order valence-electron chi connectivity index (χ2n) is 9.17. The third-order valence-corrected chi connectivity index (χ3v) is 9.76. The first-order valence-corrected chi connectivity index (χ1v) is 16.9. The summed E-state index contributed by atoms with van der Waals surface area (Å²) in [6.45, 7) is 13.5. The number of piperazine rings is 1. The van der Waals surface area contributed by atoms with E-state index in [1.807, 2.05) is 13.1 Å². The molecule has 7 nitrogen and oxygen atoms in total. The van der Waals surface area contributed by atoms with E-state index in [1.54, 1.807) is 7.11 Å². The third-order valence-electron chi connectivity index (χ3n) is 5.41. The van der Waals surface area contributed by atoms with Gasteiger partial charge in [0.15, 0.2) is 8.32 Å². The monoisotopic (exact) mass is 432 g/mol. The zero-order valence-electron chi connectivity index (χ0n) is 18.5. The lowest BCUT2D eigenvalue weighted by Gasteiger charge is -2.34. The van der Waals surface area contributed by atoms with Gasteiger partial charge in [0.25, 0.3) is 0 Å². The number of esters is 1. The molecule has 1 rings (SSSR count). The predicted molar refractivity (Wildman–Crippen MR) is 117 cm³/mol. The molecule has 0 saturated carbocycles. The molecule has 0 aromatic rings. The number of aliphatic hydroxyl groups excluding tert-OH is 1. The van der Waals surface area contributed by atoms with Crippen molar-refractivity contribution in [2.24, 2.45) is 0 Å². The second-order valence-corrected chi connectivity index (χ2v) is 18.5. The van der Waals surface area contributed by atoms with Gasteiger partial charge in [0.1, 0.15) is 13.9 Å². The lowest BCUT2D eigenvalue weighted by molar-refractivity contribution is -0.142. The first-order valence-electron chi connectivity index (χ1n) is 10.3. The summed E-state index contributed by atoms with van der Waals surface area (Å²) in [6.07, 6.45) is 2.16. The Morgan fingerprint density at radius 3 is 1.96 bits per heavy atom. The fourth-order valence-electron chi connectivity index (χ4n) is 2.83. The number of nitrogens with zero attached hydrogens (tertiary/aromatic N) is 2. The molecular formula is C19H40N2O5Si2. The van der Waals surface area contributed by atoms with Crippen molar-refractivity contribution in [2.45, 2.75) is 51.5 Å². The molecule has 0 amide bonds. The van der Waals surface area contributed by atoms with Crippen molar-refractivity contribution < 1.29 is 23.9 Å². The summed E-state index contributed by atoms with van der Waals surface area (Å²) < 4.78 is 10.8. The molecular weight excluding hydrogens is 392 g/mol. The van der Waals surface area contributed by atoms with Gasteiger partial charge in [0.05, 0.1) is 12.7 Å². The molecule has 0 bridgehead atoms. The average Bonchev–Trinajstić information content (AvgIpc) is 2.68. The normalized spacial score (nSPS) is 16.9. The van der Waals surface area contributed by atoms with Crippen LogP contribution in [0.15, 0.2) is 0 Å². The van der Waals surface area contributed by atoms with Gasteiger partial charge in [-0.25, -0.2) is 0 Å². The summed E-state index contributed by atoms with van der Waals surface area (Å²) in [6, 6.07) is 0.893. The fraction of sp³-hybridized carbons (Fsp3) is 0.895. The Balaban J connectivity index is 2.15. The zero-order valence-corrected chi connectivity index (χ0v) is 20.5. The van der Waals surface area contributed by atoms with E-state index in [0.29, 0.717) is 37.8 Å². The highest BCUT2D eigenvalue weighted by Crippen LogP contribution is 2.14. The summed E-state index contributed by atoms with van der Waals surface area (Å²) in [4.78, 5) is 28.6. The molecule has 0 aromatic carbocycles. The number of rotatable bonds is 13. The molecule has 1 heterocycles. The number of ketones is 1.